The van der Waals surface area contributed by atoms with Crippen molar-refractivity contribution < 1.29 is 4.79 Å². The molecule has 0 spiro atoms. The quantitative estimate of drug-likeness (QED) is 0.595. The van der Waals surface area contributed by atoms with Crippen molar-refractivity contribution >= 4 is 28.9 Å². The molecular formula is C14H14ClN3O. The molecule has 4 N–H and O–H groups in total. The van der Waals surface area contributed by atoms with Crippen molar-refractivity contribution in [1.82, 2.24) is 0 Å². The predicted molar refractivity (Wildman–Crippen MR) is 78.4 cm³/mol. The maximum atomic E-state index is 12.1. The monoisotopic (exact) mass is 275 g/mol. The molecule has 1 amide bonds. The van der Waals surface area contributed by atoms with Crippen LogP contribution in [0.4, 0.5) is 11.4 Å². The van der Waals surface area contributed by atoms with Gasteiger partial charge in [0.05, 0.1) is 11.3 Å². The van der Waals surface area contributed by atoms with Gasteiger partial charge in [0, 0.05) is 10.7 Å². The number of halogens is 1. The molecule has 2 aromatic rings. The van der Waals surface area contributed by atoms with Gasteiger partial charge in [-0.2, -0.15) is 0 Å². The number of carbonyl (C=O) groups excluding carboxylic acids is 1. The number of rotatable bonds is 3. The lowest BCUT2D eigenvalue weighted by atomic mass is 10.1. The Morgan fingerprint density at radius 3 is 2.63 bits per heavy atom. The van der Waals surface area contributed by atoms with Gasteiger partial charge in [-0.15, -0.1) is 0 Å². The van der Waals surface area contributed by atoms with E-state index in [1.807, 2.05) is 13.0 Å². The van der Waals surface area contributed by atoms with Crippen molar-refractivity contribution in [3.05, 3.63) is 58.6 Å². The number of nitrogens with two attached hydrogens (primary N) is 1. The van der Waals surface area contributed by atoms with Crippen LogP contribution in [0.5, 0.6) is 0 Å². The predicted octanol–water partition coefficient (Wildman–Crippen LogP) is 3.19. The summed E-state index contributed by atoms with van der Waals surface area (Å²) in [6, 6.07) is 12.4. The van der Waals surface area contributed by atoms with E-state index in [0.29, 0.717) is 22.0 Å². The summed E-state index contributed by atoms with van der Waals surface area (Å²) in [7, 11) is 0. The molecule has 4 nitrogen and oxygen atoms in total. The van der Waals surface area contributed by atoms with Crippen molar-refractivity contribution in [3.8, 4) is 0 Å². The molecule has 0 aliphatic rings. The number of amides is 1. The molecule has 0 fully saturated rings. The molecule has 2 rings (SSSR count). The SMILES string of the molecule is Cc1ccc(NC(=O)c2ccccc2NN)cc1Cl. The van der Waals surface area contributed by atoms with E-state index in [1.165, 1.54) is 0 Å². The Labute approximate surface area is 116 Å². The molecule has 98 valence electrons. The third kappa shape index (κ3) is 3.05. The summed E-state index contributed by atoms with van der Waals surface area (Å²) in [5.41, 5.74) is 5.14. The molecule has 0 radical (unpaired) electrons. The molecule has 2 aromatic carbocycles. The number of para-hydroxylation sites is 1. The normalized spacial score (nSPS) is 10.1. The summed E-state index contributed by atoms with van der Waals surface area (Å²) in [6.07, 6.45) is 0. The van der Waals surface area contributed by atoms with Crippen LogP contribution in [0, 0.1) is 6.92 Å². The number of carbonyl (C=O) groups is 1. The first kappa shape index (κ1) is 13.4. The van der Waals surface area contributed by atoms with Gasteiger partial charge >= 0.3 is 0 Å². The fraction of sp³-hybridized carbons (Fsp3) is 0.0714. The van der Waals surface area contributed by atoms with Crippen molar-refractivity contribution in [1.29, 1.82) is 0 Å². The van der Waals surface area contributed by atoms with Gasteiger partial charge in [-0.25, -0.2) is 0 Å². The highest BCUT2D eigenvalue weighted by Crippen LogP contribution is 2.21. The van der Waals surface area contributed by atoms with Gasteiger partial charge in [0.15, 0.2) is 0 Å². The van der Waals surface area contributed by atoms with Gasteiger partial charge < -0.3 is 10.7 Å². The number of hydrogen-bond acceptors (Lipinski definition) is 3. The second kappa shape index (κ2) is 5.73. The lowest BCUT2D eigenvalue weighted by Crippen LogP contribution is -2.17. The van der Waals surface area contributed by atoms with Crippen molar-refractivity contribution in [3.63, 3.8) is 0 Å². The average Bonchev–Trinajstić information content (AvgIpc) is 2.43. The summed E-state index contributed by atoms with van der Waals surface area (Å²) in [5.74, 6) is 5.13. The zero-order chi connectivity index (χ0) is 13.8. The Morgan fingerprint density at radius 2 is 1.95 bits per heavy atom. The van der Waals surface area contributed by atoms with E-state index in [1.54, 1.807) is 36.4 Å². The number of aryl methyl sites for hydroxylation is 1. The molecule has 0 saturated heterocycles. The Bertz CT molecular complexity index is 613. The topological polar surface area (TPSA) is 67.2 Å². The maximum absolute atomic E-state index is 12.1. The van der Waals surface area contributed by atoms with Crippen LogP contribution in [0.1, 0.15) is 15.9 Å². The highest BCUT2D eigenvalue weighted by Gasteiger charge is 2.10. The second-order valence-corrected chi connectivity index (χ2v) is 4.52. The van der Waals surface area contributed by atoms with E-state index in [-0.39, 0.29) is 5.91 Å². The van der Waals surface area contributed by atoms with Crippen LogP contribution in [0.15, 0.2) is 42.5 Å². The fourth-order valence-corrected chi connectivity index (χ4v) is 1.86. The summed E-state index contributed by atoms with van der Waals surface area (Å²) in [6.45, 7) is 1.90. The molecule has 0 aliphatic heterocycles. The molecular weight excluding hydrogens is 262 g/mol. The van der Waals surface area contributed by atoms with Crippen LogP contribution in [-0.2, 0) is 0 Å². The minimum absolute atomic E-state index is 0.242. The third-order valence-corrected chi connectivity index (χ3v) is 3.16. The summed E-state index contributed by atoms with van der Waals surface area (Å²) in [4.78, 5) is 12.1. The van der Waals surface area contributed by atoms with Gasteiger partial charge in [-0.1, -0.05) is 29.8 Å². The van der Waals surface area contributed by atoms with Crippen LogP contribution in [0.3, 0.4) is 0 Å². The Hall–Kier alpha value is -2.04. The molecule has 19 heavy (non-hydrogen) atoms. The highest BCUT2D eigenvalue weighted by molar-refractivity contribution is 6.31. The zero-order valence-electron chi connectivity index (χ0n) is 10.4. The first-order valence-electron chi connectivity index (χ1n) is 5.75. The van der Waals surface area contributed by atoms with E-state index in [9.17, 15) is 4.79 Å². The van der Waals surface area contributed by atoms with Gasteiger partial charge in [0.2, 0.25) is 0 Å². The average molecular weight is 276 g/mol. The number of hydrogen-bond donors (Lipinski definition) is 3. The minimum atomic E-state index is -0.242. The molecule has 0 atom stereocenters. The maximum Gasteiger partial charge on any atom is 0.257 e. The standard InChI is InChI=1S/C14H14ClN3O/c1-9-6-7-10(8-12(9)15)17-14(19)11-4-2-3-5-13(11)18-16/h2-8,18H,16H2,1H3,(H,17,19). The van der Waals surface area contributed by atoms with Gasteiger partial charge in [0.1, 0.15) is 0 Å². The van der Waals surface area contributed by atoms with Gasteiger partial charge in [-0.05, 0) is 36.8 Å². The molecule has 5 heteroatoms. The lowest BCUT2D eigenvalue weighted by molar-refractivity contribution is 0.102. The molecule has 0 aliphatic carbocycles. The number of benzene rings is 2. The molecule has 0 bridgehead atoms. The Morgan fingerprint density at radius 1 is 1.21 bits per heavy atom. The highest BCUT2D eigenvalue weighted by atomic mass is 35.5. The van der Waals surface area contributed by atoms with Crippen LogP contribution in [-0.4, -0.2) is 5.91 Å². The van der Waals surface area contributed by atoms with Crippen LogP contribution in [0.25, 0.3) is 0 Å². The Kier molecular flexibility index (Phi) is 4.04. The van der Waals surface area contributed by atoms with Crippen molar-refractivity contribution in [2.75, 3.05) is 10.7 Å². The van der Waals surface area contributed by atoms with Crippen LogP contribution < -0.4 is 16.6 Å². The number of nitrogen functional groups attached to an aromatic ring is 1. The first-order valence-corrected chi connectivity index (χ1v) is 6.13. The van der Waals surface area contributed by atoms with E-state index in [0.717, 1.165) is 5.56 Å². The molecule has 0 heterocycles. The number of anilines is 2. The van der Waals surface area contributed by atoms with Crippen LogP contribution in [0.2, 0.25) is 5.02 Å². The van der Waals surface area contributed by atoms with Crippen molar-refractivity contribution in [2.45, 2.75) is 6.92 Å². The Balaban J connectivity index is 2.23. The van der Waals surface area contributed by atoms with Crippen LogP contribution >= 0.6 is 11.6 Å². The number of nitrogens with one attached hydrogen (secondary N) is 2. The van der Waals surface area contributed by atoms with E-state index in [2.05, 4.69) is 10.7 Å². The third-order valence-electron chi connectivity index (χ3n) is 2.76. The smallest absolute Gasteiger partial charge is 0.257 e. The van der Waals surface area contributed by atoms with E-state index < -0.39 is 0 Å². The largest absolute Gasteiger partial charge is 0.323 e. The van der Waals surface area contributed by atoms with Crippen molar-refractivity contribution in [2.24, 2.45) is 5.84 Å². The summed E-state index contributed by atoms with van der Waals surface area (Å²) >= 11 is 6.02. The lowest BCUT2D eigenvalue weighted by Gasteiger charge is -2.10. The van der Waals surface area contributed by atoms with Gasteiger partial charge in [-0.3, -0.25) is 10.6 Å². The second-order valence-electron chi connectivity index (χ2n) is 4.11. The summed E-state index contributed by atoms with van der Waals surface area (Å²) < 4.78 is 0. The molecule has 0 saturated carbocycles. The molecule has 0 unspecified atom stereocenters. The molecule has 0 aromatic heterocycles. The van der Waals surface area contributed by atoms with Gasteiger partial charge in [0.25, 0.3) is 5.91 Å². The summed E-state index contributed by atoms with van der Waals surface area (Å²) in [5, 5.41) is 3.40. The fourth-order valence-electron chi connectivity index (χ4n) is 1.68. The van der Waals surface area contributed by atoms with E-state index >= 15 is 0 Å². The number of hydrazine groups is 1. The first-order chi connectivity index (χ1) is 9.11. The van der Waals surface area contributed by atoms with E-state index in [4.69, 9.17) is 17.4 Å². The minimum Gasteiger partial charge on any atom is -0.323 e. The zero-order valence-corrected chi connectivity index (χ0v) is 11.2.